The van der Waals surface area contributed by atoms with E-state index in [2.05, 4.69) is 16.2 Å². The summed E-state index contributed by atoms with van der Waals surface area (Å²) in [5.41, 5.74) is 7.09. The van der Waals surface area contributed by atoms with Crippen LogP contribution in [0.2, 0.25) is 0 Å². The lowest BCUT2D eigenvalue weighted by atomic mass is 9.91. The summed E-state index contributed by atoms with van der Waals surface area (Å²) in [6, 6.07) is 14.9. The van der Waals surface area contributed by atoms with Gasteiger partial charge in [0, 0.05) is 18.5 Å². The van der Waals surface area contributed by atoms with E-state index in [-0.39, 0.29) is 29.7 Å². The molecule has 2 fully saturated rings. The molecule has 2 unspecified atom stereocenters. The monoisotopic (exact) mass is 382 g/mol. The van der Waals surface area contributed by atoms with E-state index in [1.807, 2.05) is 30.3 Å². The van der Waals surface area contributed by atoms with E-state index >= 15 is 0 Å². The molecule has 4 rings (SSSR count). The minimum atomic E-state index is -0.617. The first-order chi connectivity index (χ1) is 13.6. The summed E-state index contributed by atoms with van der Waals surface area (Å²) in [7, 11) is 0. The van der Waals surface area contributed by atoms with Crippen molar-refractivity contribution in [3.05, 3.63) is 66.0 Å². The molecule has 2 atom stereocenters. The third kappa shape index (κ3) is 4.08. The van der Waals surface area contributed by atoms with Gasteiger partial charge in [0.1, 0.15) is 11.9 Å². The minimum Gasteiger partial charge on any atom is -0.335 e. The molecule has 6 nitrogen and oxygen atoms in total. The zero-order valence-electron chi connectivity index (χ0n) is 15.4. The Kier molecular flexibility index (Phi) is 5.14. The molecular formula is C21H23FN4O2. The lowest BCUT2D eigenvalue weighted by Gasteiger charge is -2.28. The van der Waals surface area contributed by atoms with Crippen molar-refractivity contribution >= 4 is 17.6 Å². The van der Waals surface area contributed by atoms with E-state index in [0.717, 1.165) is 24.8 Å². The van der Waals surface area contributed by atoms with E-state index in [1.165, 1.54) is 24.3 Å². The van der Waals surface area contributed by atoms with Gasteiger partial charge in [0.15, 0.2) is 0 Å². The van der Waals surface area contributed by atoms with Gasteiger partial charge >= 0.3 is 6.03 Å². The predicted octanol–water partition coefficient (Wildman–Crippen LogP) is 3.00. The van der Waals surface area contributed by atoms with Gasteiger partial charge in [-0.25, -0.2) is 9.18 Å². The Labute approximate surface area is 163 Å². The lowest BCUT2D eigenvalue weighted by molar-refractivity contribution is -0.124. The second-order valence-electron chi connectivity index (χ2n) is 7.29. The Morgan fingerprint density at radius 1 is 0.964 bits per heavy atom. The van der Waals surface area contributed by atoms with Crippen molar-refractivity contribution in [3.8, 4) is 0 Å². The van der Waals surface area contributed by atoms with Crippen LogP contribution in [0.5, 0.6) is 0 Å². The number of carbonyl (C=O) groups excluding carboxylic acids is 2. The Hall–Kier alpha value is -3.09. The van der Waals surface area contributed by atoms with Crippen LogP contribution >= 0.6 is 0 Å². The van der Waals surface area contributed by atoms with Crippen LogP contribution in [0.4, 0.5) is 14.9 Å². The molecule has 0 spiro atoms. The molecule has 7 heteroatoms. The maximum atomic E-state index is 13.1. The molecule has 2 aromatic rings. The van der Waals surface area contributed by atoms with Crippen LogP contribution in [0.1, 0.15) is 30.7 Å². The number of anilines is 1. The predicted molar refractivity (Wildman–Crippen MR) is 104 cm³/mol. The summed E-state index contributed by atoms with van der Waals surface area (Å²) >= 11 is 0. The molecule has 2 aliphatic rings. The minimum absolute atomic E-state index is 0.0822. The number of nitrogens with zero attached hydrogens (tertiary/aromatic N) is 1. The smallest absolute Gasteiger partial charge is 0.318 e. The van der Waals surface area contributed by atoms with Gasteiger partial charge in [-0.2, -0.15) is 0 Å². The average molecular weight is 382 g/mol. The topological polar surface area (TPSA) is 73.5 Å². The maximum absolute atomic E-state index is 13.1. The fourth-order valence-corrected chi connectivity index (χ4v) is 3.62. The molecule has 28 heavy (non-hydrogen) atoms. The first kappa shape index (κ1) is 18.3. The van der Waals surface area contributed by atoms with Crippen LogP contribution in [-0.2, 0) is 4.79 Å². The van der Waals surface area contributed by atoms with E-state index in [1.54, 1.807) is 4.90 Å². The van der Waals surface area contributed by atoms with Crippen molar-refractivity contribution in [2.24, 2.45) is 0 Å². The molecule has 3 amide bonds. The summed E-state index contributed by atoms with van der Waals surface area (Å²) in [6.45, 7) is 0.521. The standard InChI is InChI=1S/C21H23FN4O2/c22-15-6-8-17(9-7-15)24-25-20(27)19-18(14-4-2-1-3-5-14)12-13-26(19)21(28)23-16-10-11-16/h1-9,16,18-19,24H,10-13H2,(H,23,28)(H,25,27). The summed E-state index contributed by atoms with van der Waals surface area (Å²) in [6.07, 6.45) is 2.70. The van der Waals surface area contributed by atoms with Crippen molar-refractivity contribution in [1.29, 1.82) is 0 Å². The largest absolute Gasteiger partial charge is 0.335 e. The number of nitrogens with one attached hydrogen (secondary N) is 3. The van der Waals surface area contributed by atoms with Crippen LogP contribution in [0.15, 0.2) is 54.6 Å². The molecule has 0 aromatic heterocycles. The van der Waals surface area contributed by atoms with E-state index in [4.69, 9.17) is 0 Å². The van der Waals surface area contributed by atoms with Gasteiger partial charge in [-0.15, -0.1) is 0 Å². The van der Waals surface area contributed by atoms with Gasteiger partial charge in [0.25, 0.3) is 5.91 Å². The number of amides is 3. The normalized spacial score (nSPS) is 21.2. The highest BCUT2D eigenvalue weighted by Crippen LogP contribution is 2.34. The lowest BCUT2D eigenvalue weighted by Crippen LogP contribution is -2.52. The van der Waals surface area contributed by atoms with Crippen LogP contribution in [0, 0.1) is 5.82 Å². The van der Waals surface area contributed by atoms with Gasteiger partial charge in [-0.3, -0.25) is 15.6 Å². The van der Waals surface area contributed by atoms with Crippen LogP contribution in [0.3, 0.4) is 0 Å². The van der Waals surface area contributed by atoms with Gasteiger partial charge in [0.2, 0.25) is 0 Å². The van der Waals surface area contributed by atoms with Crippen LogP contribution < -0.4 is 16.2 Å². The number of likely N-dealkylation sites (tertiary alicyclic amines) is 1. The molecule has 2 aromatic carbocycles. The molecule has 146 valence electrons. The number of halogens is 1. The number of hydrogen-bond donors (Lipinski definition) is 3. The second-order valence-corrected chi connectivity index (χ2v) is 7.29. The molecule has 3 N–H and O–H groups in total. The fourth-order valence-electron chi connectivity index (χ4n) is 3.62. The summed E-state index contributed by atoms with van der Waals surface area (Å²) in [5, 5.41) is 2.98. The number of rotatable bonds is 5. The van der Waals surface area contributed by atoms with E-state index < -0.39 is 6.04 Å². The van der Waals surface area contributed by atoms with Gasteiger partial charge in [-0.1, -0.05) is 30.3 Å². The number of benzene rings is 2. The van der Waals surface area contributed by atoms with Crippen molar-refractivity contribution in [2.75, 3.05) is 12.0 Å². The van der Waals surface area contributed by atoms with Gasteiger partial charge < -0.3 is 10.2 Å². The zero-order chi connectivity index (χ0) is 19.5. The van der Waals surface area contributed by atoms with Crippen molar-refractivity contribution < 1.29 is 14.0 Å². The Bertz CT molecular complexity index is 839. The Balaban J connectivity index is 1.50. The Morgan fingerprint density at radius 2 is 1.68 bits per heavy atom. The second kappa shape index (κ2) is 7.88. The van der Waals surface area contributed by atoms with E-state index in [9.17, 15) is 14.0 Å². The highest BCUT2D eigenvalue weighted by atomic mass is 19.1. The molecule has 1 aliphatic carbocycles. The quantitative estimate of drug-likeness (QED) is 0.696. The van der Waals surface area contributed by atoms with E-state index in [0.29, 0.717) is 12.2 Å². The average Bonchev–Trinajstić information content (AvgIpc) is 3.41. The van der Waals surface area contributed by atoms with Crippen LogP contribution in [0.25, 0.3) is 0 Å². The number of hydrogen-bond acceptors (Lipinski definition) is 3. The molecule has 1 heterocycles. The first-order valence-electron chi connectivity index (χ1n) is 9.55. The van der Waals surface area contributed by atoms with Gasteiger partial charge in [0.05, 0.1) is 5.69 Å². The number of carbonyl (C=O) groups is 2. The zero-order valence-corrected chi connectivity index (χ0v) is 15.4. The Morgan fingerprint density at radius 3 is 2.36 bits per heavy atom. The van der Waals surface area contributed by atoms with Gasteiger partial charge in [-0.05, 0) is 49.1 Å². The van der Waals surface area contributed by atoms with Crippen molar-refractivity contribution in [1.82, 2.24) is 15.6 Å². The summed E-state index contributed by atoms with van der Waals surface area (Å²) in [4.78, 5) is 27.3. The number of hydrazine groups is 1. The molecule has 0 bridgehead atoms. The molecule has 1 saturated heterocycles. The van der Waals surface area contributed by atoms with Crippen molar-refractivity contribution in [3.63, 3.8) is 0 Å². The number of urea groups is 1. The summed E-state index contributed by atoms with van der Waals surface area (Å²) < 4.78 is 13.1. The third-order valence-electron chi connectivity index (χ3n) is 5.23. The molecular weight excluding hydrogens is 359 g/mol. The molecule has 1 aliphatic heterocycles. The maximum Gasteiger partial charge on any atom is 0.318 e. The molecule has 1 saturated carbocycles. The highest BCUT2D eigenvalue weighted by molar-refractivity contribution is 5.89. The van der Waals surface area contributed by atoms with Crippen molar-refractivity contribution in [2.45, 2.75) is 37.3 Å². The third-order valence-corrected chi connectivity index (χ3v) is 5.23. The molecule has 0 radical (unpaired) electrons. The van der Waals surface area contributed by atoms with Crippen LogP contribution in [-0.4, -0.2) is 35.5 Å². The highest BCUT2D eigenvalue weighted by Gasteiger charge is 2.43. The first-order valence-corrected chi connectivity index (χ1v) is 9.55. The summed E-state index contributed by atoms with van der Waals surface area (Å²) in [5.74, 6) is -0.720. The SMILES string of the molecule is O=C(NNc1ccc(F)cc1)C1C(c2ccccc2)CCN1C(=O)NC1CC1. The fraction of sp³-hybridized carbons (Fsp3) is 0.333.